The standard InChI is InChI=1S/C15H22F3N3O/c1-20(8-3-11-22)12-5-9-21(10-6-12)14-13(15(16,17)18)4-2-7-19-14/h2,4,7,12,22H,3,5-6,8-11H2,1H3. The number of piperidine rings is 1. The highest BCUT2D eigenvalue weighted by Gasteiger charge is 2.36. The molecule has 124 valence electrons. The molecule has 1 aliphatic rings. The van der Waals surface area contributed by atoms with Crippen LogP contribution < -0.4 is 4.90 Å². The summed E-state index contributed by atoms with van der Waals surface area (Å²) in [5.41, 5.74) is -0.665. The number of halogens is 3. The summed E-state index contributed by atoms with van der Waals surface area (Å²) < 4.78 is 39.1. The van der Waals surface area contributed by atoms with Gasteiger partial charge in [0.1, 0.15) is 5.82 Å². The van der Waals surface area contributed by atoms with Crippen molar-refractivity contribution in [3.05, 3.63) is 23.9 Å². The molecule has 0 spiro atoms. The third-order valence-electron chi connectivity index (χ3n) is 4.15. The molecule has 0 saturated carbocycles. The van der Waals surface area contributed by atoms with Gasteiger partial charge in [-0.2, -0.15) is 13.2 Å². The van der Waals surface area contributed by atoms with Crippen LogP contribution in [-0.4, -0.2) is 54.3 Å². The van der Waals surface area contributed by atoms with E-state index in [-0.39, 0.29) is 12.4 Å². The molecule has 0 aliphatic carbocycles. The van der Waals surface area contributed by atoms with Gasteiger partial charge in [-0.1, -0.05) is 0 Å². The fraction of sp³-hybridized carbons (Fsp3) is 0.667. The molecule has 1 N–H and O–H groups in total. The molecule has 2 rings (SSSR count). The minimum Gasteiger partial charge on any atom is -0.396 e. The minimum absolute atomic E-state index is 0.0338. The summed E-state index contributed by atoms with van der Waals surface area (Å²) in [5, 5.41) is 8.86. The van der Waals surface area contributed by atoms with Gasteiger partial charge in [0.15, 0.2) is 0 Å². The highest BCUT2D eigenvalue weighted by molar-refractivity contribution is 5.48. The molecule has 1 aliphatic heterocycles. The van der Waals surface area contributed by atoms with Crippen LogP contribution in [0.4, 0.5) is 19.0 Å². The molecule has 0 aromatic carbocycles. The van der Waals surface area contributed by atoms with E-state index in [4.69, 9.17) is 5.11 Å². The van der Waals surface area contributed by atoms with Crippen molar-refractivity contribution >= 4 is 5.82 Å². The molecule has 0 atom stereocenters. The first-order valence-corrected chi connectivity index (χ1v) is 7.51. The van der Waals surface area contributed by atoms with Gasteiger partial charge in [0, 0.05) is 38.5 Å². The number of alkyl halides is 3. The van der Waals surface area contributed by atoms with Gasteiger partial charge in [0.25, 0.3) is 0 Å². The number of aliphatic hydroxyl groups is 1. The molecule has 1 saturated heterocycles. The van der Waals surface area contributed by atoms with E-state index < -0.39 is 11.7 Å². The van der Waals surface area contributed by atoms with Crippen molar-refractivity contribution < 1.29 is 18.3 Å². The summed E-state index contributed by atoms with van der Waals surface area (Å²) in [4.78, 5) is 7.85. The largest absolute Gasteiger partial charge is 0.419 e. The summed E-state index contributed by atoms with van der Waals surface area (Å²) in [5.74, 6) is 0.0338. The normalized spacial score (nSPS) is 17.3. The fourth-order valence-corrected chi connectivity index (χ4v) is 2.89. The zero-order valence-corrected chi connectivity index (χ0v) is 12.7. The van der Waals surface area contributed by atoms with Crippen molar-refractivity contribution in [2.45, 2.75) is 31.5 Å². The van der Waals surface area contributed by atoms with Crippen LogP contribution in [0, 0.1) is 0 Å². The van der Waals surface area contributed by atoms with Crippen molar-refractivity contribution in [1.29, 1.82) is 0 Å². The van der Waals surface area contributed by atoms with Crippen LogP contribution in [0.25, 0.3) is 0 Å². The van der Waals surface area contributed by atoms with Gasteiger partial charge >= 0.3 is 6.18 Å². The van der Waals surface area contributed by atoms with Gasteiger partial charge in [-0.15, -0.1) is 0 Å². The Kier molecular flexibility index (Phi) is 5.63. The third-order valence-corrected chi connectivity index (χ3v) is 4.15. The maximum Gasteiger partial charge on any atom is 0.419 e. The maximum absolute atomic E-state index is 13.0. The zero-order chi connectivity index (χ0) is 16.2. The molecule has 0 radical (unpaired) electrons. The smallest absolute Gasteiger partial charge is 0.396 e. The van der Waals surface area contributed by atoms with Gasteiger partial charge < -0.3 is 14.9 Å². The monoisotopic (exact) mass is 317 g/mol. The van der Waals surface area contributed by atoms with Crippen molar-refractivity contribution in [3.8, 4) is 0 Å². The quantitative estimate of drug-likeness (QED) is 0.905. The third kappa shape index (κ3) is 4.10. The SMILES string of the molecule is CN(CCCO)C1CCN(c2ncccc2C(F)(F)F)CC1. The molecular formula is C15H22F3N3O. The van der Waals surface area contributed by atoms with Crippen LogP contribution in [0.5, 0.6) is 0 Å². The Labute approximate surface area is 128 Å². The predicted octanol–water partition coefficient (Wildman–Crippen LogP) is 2.38. The zero-order valence-electron chi connectivity index (χ0n) is 12.7. The van der Waals surface area contributed by atoms with E-state index in [0.29, 0.717) is 19.1 Å². The first-order valence-electron chi connectivity index (χ1n) is 7.51. The van der Waals surface area contributed by atoms with Crippen molar-refractivity contribution in [2.24, 2.45) is 0 Å². The summed E-state index contributed by atoms with van der Waals surface area (Å²) in [6.07, 6.45) is -0.650. The predicted molar refractivity (Wildman–Crippen MR) is 78.8 cm³/mol. The average Bonchev–Trinajstić information content (AvgIpc) is 2.52. The molecule has 1 fully saturated rings. The highest BCUT2D eigenvalue weighted by Crippen LogP contribution is 2.36. The van der Waals surface area contributed by atoms with Crippen LogP contribution >= 0.6 is 0 Å². The molecular weight excluding hydrogens is 295 g/mol. The molecule has 0 amide bonds. The van der Waals surface area contributed by atoms with Gasteiger partial charge in [0.2, 0.25) is 0 Å². The average molecular weight is 317 g/mol. The Hall–Kier alpha value is -1.34. The highest BCUT2D eigenvalue weighted by atomic mass is 19.4. The fourth-order valence-electron chi connectivity index (χ4n) is 2.89. The molecule has 0 unspecified atom stereocenters. The van der Waals surface area contributed by atoms with Gasteiger partial charge in [0.05, 0.1) is 5.56 Å². The summed E-state index contributed by atoms with van der Waals surface area (Å²) in [7, 11) is 2.00. The first-order chi connectivity index (χ1) is 10.4. The second-order valence-corrected chi connectivity index (χ2v) is 5.65. The van der Waals surface area contributed by atoms with E-state index in [0.717, 1.165) is 31.9 Å². The van der Waals surface area contributed by atoms with Crippen LogP contribution in [-0.2, 0) is 6.18 Å². The lowest BCUT2D eigenvalue weighted by molar-refractivity contribution is -0.137. The number of hydrogen-bond acceptors (Lipinski definition) is 4. The number of pyridine rings is 1. The van der Waals surface area contributed by atoms with E-state index >= 15 is 0 Å². The van der Waals surface area contributed by atoms with E-state index in [1.807, 2.05) is 7.05 Å². The maximum atomic E-state index is 13.0. The van der Waals surface area contributed by atoms with Crippen LogP contribution in [0.3, 0.4) is 0 Å². The molecule has 1 aromatic heterocycles. The van der Waals surface area contributed by atoms with E-state index in [1.54, 1.807) is 4.90 Å². The van der Waals surface area contributed by atoms with Gasteiger partial charge in [-0.05, 0) is 38.4 Å². The van der Waals surface area contributed by atoms with Crippen LogP contribution in [0.2, 0.25) is 0 Å². The summed E-state index contributed by atoms with van der Waals surface area (Å²) in [6.45, 7) is 2.09. The van der Waals surface area contributed by atoms with Gasteiger partial charge in [-0.25, -0.2) is 4.98 Å². The molecule has 22 heavy (non-hydrogen) atoms. The number of aliphatic hydroxyl groups excluding tert-OH is 1. The van der Waals surface area contributed by atoms with E-state index in [9.17, 15) is 13.2 Å². The lowest BCUT2D eigenvalue weighted by Crippen LogP contribution is -2.44. The van der Waals surface area contributed by atoms with Gasteiger partial charge in [-0.3, -0.25) is 0 Å². The molecule has 4 nitrogen and oxygen atoms in total. The number of aromatic nitrogens is 1. The molecule has 0 bridgehead atoms. The first kappa shape index (κ1) is 17.0. The Morgan fingerprint density at radius 3 is 2.64 bits per heavy atom. The molecule has 7 heteroatoms. The Morgan fingerprint density at radius 2 is 2.05 bits per heavy atom. The van der Waals surface area contributed by atoms with E-state index in [2.05, 4.69) is 9.88 Å². The molecule has 2 heterocycles. The lowest BCUT2D eigenvalue weighted by atomic mass is 10.0. The lowest BCUT2D eigenvalue weighted by Gasteiger charge is -2.38. The molecule has 1 aromatic rings. The summed E-state index contributed by atoms with van der Waals surface area (Å²) in [6, 6.07) is 2.75. The number of hydrogen-bond donors (Lipinski definition) is 1. The number of rotatable bonds is 5. The van der Waals surface area contributed by atoms with Crippen molar-refractivity contribution in [3.63, 3.8) is 0 Å². The number of anilines is 1. The second-order valence-electron chi connectivity index (χ2n) is 5.65. The van der Waals surface area contributed by atoms with E-state index in [1.165, 1.54) is 12.3 Å². The van der Waals surface area contributed by atoms with Crippen molar-refractivity contribution in [1.82, 2.24) is 9.88 Å². The van der Waals surface area contributed by atoms with Crippen LogP contribution in [0.1, 0.15) is 24.8 Å². The van der Waals surface area contributed by atoms with Crippen LogP contribution in [0.15, 0.2) is 18.3 Å². The second kappa shape index (κ2) is 7.28. The van der Waals surface area contributed by atoms with Crippen molar-refractivity contribution in [2.75, 3.05) is 38.2 Å². The topological polar surface area (TPSA) is 39.6 Å². The Bertz CT molecular complexity index is 473. The summed E-state index contributed by atoms with van der Waals surface area (Å²) >= 11 is 0. The Morgan fingerprint density at radius 1 is 1.36 bits per heavy atom. The minimum atomic E-state index is -4.38. The number of nitrogens with zero attached hydrogens (tertiary/aromatic N) is 3. The Balaban J connectivity index is 2.00.